The van der Waals surface area contributed by atoms with Crippen LogP contribution in [0.3, 0.4) is 0 Å². The van der Waals surface area contributed by atoms with Crippen LogP contribution in [0.5, 0.6) is 0 Å². The van der Waals surface area contributed by atoms with E-state index in [9.17, 15) is 14.4 Å². The Hall–Kier alpha value is -2.43. The lowest BCUT2D eigenvalue weighted by Crippen LogP contribution is -2.22. The van der Waals surface area contributed by atoms with E-state index in [-0.39, 0.29) is 30.1 Å². The molecule has 1 aromatic rings. The monoisotopic (exact) mass is 326 g/mol. The maximum atomic E-state index is 12.0. The second-order valence-electron chi connectivity index (χ2n) is 6.57. The number of benzene rings is 1. The molecular formula is C19H22N2O3. The molecule has 1 unspecified atom stereocenters. The highest BCUT2D eigenvalue weighted by Gasteiger charge is 2.30. The van der Waals surface area contributed by atoms with Crippen LogP contribution in [0, 0.1) is 5.92 Å². The number of hydrogen-bond acceptors (Lipinski definition) is 3. The molecule has 3 amide bonds. The second kappa shape index (κ2) is 7.43. The van der Waals surface area contributed by atoms with E-state index in [1.807, 2.05) is 24.3 Å². The summed E-state index contributed by atoms with van der Waals surface area (Å²) in [4.78, 5) is 34.8. The topological polar surface area (TPSA) is 75.3 Å². The van der Waals surface area contributed by atoms with Gasteiger partial charge in [-0.1, -0.05) is 24.1 Å². The van der Waals surface area contributed by atoms with Crippen LogP contribution in [0.25, 0.3) is 0 Å². The molecule has 0 bridgehead atoms. The number of carbonyl (C=O) groups excluding carboxylic acids is 3. The van der Waals surface area contributed by atoms with Crippen LogP contribution >= 0.6 is 0 Å². The molecule has 3 rings (SSSR count). The molecule has 1 aliphatic heterocycles. The first-order valence-corrected chi connectivity index (χ1v) is 8.53. The third-order valence-corrected chi connectivity index (χ3v) is 4.60. The van der Waals surface area contributed by atoms with Crippen LogP contribution in [-0.2, 0) is 20.8 Å². The smallest absolute Gasteiger partial charge is 0.248 e. The minimum atomic E-state index is -0.283. The molecule has 1 saturated carbocycles. The summed E-state index contributed by atoms with van der Waals surface area (Å²) in [6.45, 7) is 0. The molecule has 24 heavy (non-hydrogen) atoms. The Kier molecular flexibility index (Phi) is 5.08. The number of hydrogen-bond donors (Lipinski definition) is 2. The molecular weight excluding hydrogens is 304 g/mol. The third kappa shape index (κ3) is 4.31. The maximum Gasteiger partial charge on any atom is 0.248 e. The van der Waals surface area contributed by atoms with Crippen molar-refractivity contribution in [2.24, 2.45) is 5.92 Å². The van der Waals surface area contributed by atoms with Gasteiger partial charge in [-0.3, -0.25) is 19.7 Å². The Morgan fingerprint density at radius 1 is 1.12 bits per heavy atom. The summed E-state index contributed by atoms with van der Waals surface area (Å²) < 4.78 is 0. The average Bonchev–Trinajstić information content (AvgIpc) is 2.87. The van der Waals surface area contributed by atoms with Gasteiger partial charge >= 0.3 is 0 Å². The fourth-order valence-electron chi connectivity index (χ4n) is 3.29. The van der Waals surface area contributed by atoms with Crippen molar-refractivity contribution in [3.05, 3.63) is 41.5 Å². The van der Waals surface area contributed by atoms with Crippen molar-refractivity contribution in [3.8, 4) is 0 Å². The number of imide groups is 1. The zero-order chi connectivity index (χ0) is 16.9. The van der Waals surface area contributed by atoms with Crippen LogP contribution in [0.2, 0.25) is 0 Å². The standard InChI is InChI=1S/C19H22N2O3/c22-17(11-13-4-2-1-3-5-13)20-16-8-6-14(7-9-16)10-15-12-18(23)21-19(15)24/h6-9,11,15H,1-5,10,12H2,(H,20,22)(H,21,23,24). The summed E-state index contributed by atoms with van der Waals surface area (Å²) in [5, 5.41) is 5.20. The van der Waals surface area contributed by atoms with E-state index in [4.69, 9.17) is 0 Å². The molecule has 1 saturated heterocycles. The van der Waals surface area contributed by atoms with Crippen molar-refractivity contribution in [1.82, 2.24) is 5.32 Å². The molecule has 0 spiro atoms. The molecule has 1 atom stereocenters. The van der Waals surface area contributed by atoms with Crippen molar-refractivity contribution >= 4 is 23.4 Å². The van der Waals surface area contributed by atoms with Crippen LogP contribution < -0.4 is 10.6 Å². The number of anilines is 1. The Bertz CT molecular complexity index is 668. The van der Waals surface area contributed by atoms with Gasteiger partial charge in [-0.05, 0) is 49.8 Å². The van der Waals surface area contributed by atoms with E-state index >= 15 is 0 Å². The maximum absolute atomic E-state index is 12.0. The lowest BCUT2D eigenvalue weighted by atomic mass is 9.94. The van der Waals surface area contributed by atoms with Gasteiger partial charge in [0.15, 0.2) is 0 Å². The van der Waals surface area contributed by atoms with Gasteiger partial charge in [0.2, 0.25) is 17.7 Å². The van der Waals surface area contributed by atoms with Crippen LogP contribution in [0.4, 0.5) is 5.69 Å². The van der Waals surface area contributed by atoms with Crippen molar-refractivity contribution in [2.75, 3.05) is 5.32 Å². The van der Waals surface area contributed by atoms with Crippen molar-refractivity contribution in [3.63, 3.8) is 0 Å². The van der Waals surface area contributed by atoms with E-state index in [0.717, 1.165) is 24.1 Å². The molecule has 2 aliphatic rings. The Labute approximate surface area is 141 Å². The molecule has 0 radical (unpaired) electrons. The Morgan fingerprint density at radius 2 is 1.83 bits per heavy atom. The third-order valence-electron chi connectivity index (χ3n) is 4.60. The first-order chi connectivity index (χ1) is 11.6. The SMILES string of the molecule is O=C(C=C1CCCCC1)Nc1ccc(CC2CC(=O)NC2=O)cc1. The fraction of sp³-hybridized carbons (Fsp3) is 0.421. The zero-order valence-corrected chi connectivity index (χ0v) is 13.6. The first kappa shape index (κ1) is 16.4. The predicted molar refractivity (Wildman–Crippen MR) is 91.2 cm³/mol. The molecule has 1 aromatic carbocycles. The molecule has 2 fully saturated rings. The first-order valence-electron chi connectivity index (χ1n) is 8.53. The normalized spacial score (nSPS) is 20.7. The van der Waals surface area contributed by atoms with Gasteiger partial charge in [-0.15, -0.1) is 0 Å². The van der Waals surface area contributed by atoms with Gasteiger partial charge in [0, 0.05) is 18.2 Å². The summed E-state index contributed by atoms with van der Waals surface area (Å²) in [5.74, 6) is -0.768. The highest BCUT2D eigenvalue weighted by Crippen LogP contribution is 2.23. The highest BCUT2D eigenvalue weighted by molar-refractivity contribution is 6.03. The van der Waals surface area contributed by atoms with Crippen molar-refractivity contribution in [1.29, 1.82) is 0 Å². The molecule has 5 nitrogen and oxygen atoms in total. The summed E-state index contributed by atoms with van der Waals surface area (Å²) in [5.41, 5.74) is 2.95. The van der Waals surface area contributed by atoms with E-state index in [1.54, 1.807) is 6.08 Å². The van der Waals surface area contributed by atoms with E-state index in [1.165, 1.54) is 24.8 Å². The van der Waals surface area contributed by atoms with Gasteiger partial charge in [-0.25, -0.2) is 0 Å². The Balaban J connectivity index is 1.55. The molecule has 0 aromatic heterocycles. The fourth-order valence-corrected chi connectivity index (χ4v) is 3.29. The molecule has 1 heterocycles. The van der Waals surface area contributed by atoms with E-state index in [0.29, 0.717) is 6.42 Å². The molecule has 5 heteroatoms. The Morgan fingerprint density at radius 3 is 2.46 bits per heavy atom. The summed E-state index contributed by atoms with van der Waals surface area (Å²) in [6, 6.07) is 7.45. The number of nitrogens with one attached hydrogen (secondary N) is 2. The lowest BCUT2D eigenvalue weighted by molar-refractivity contribution is -0.125. The van der Waals surface area contributed by atoms with Crippen LogP contribution in [0.15, 0.2) is 35.9 Å². The number of allylic oxidation sites excluding steroid dienone is 1. The molecule has 2 N–H and O–H groups in total. The second-order valence-corrected chi connectivity index (χ2v) is 6.57. The number of carbonyl (C=O) groups is 3. The van der Waals surface area contributed by atoms with Gasteiger partial charge in [-0.2, -0.15) is 0 Å². The minimum absolute atomic E-state index is 0.0829. The van der Waals surface area contributed by atoms with Gasteiger partial charge < -0.3 is 5.32 Å². The van der Waals surface area contributed by atoms with E-state index < -0.39 is 0 Å². The predicted octanol–water partition coefficient (Wildman–Crippen LogP) is 2.72. The number of rotatable bonds is 4. The largest absolute Gasteiger partial charge is 0.323 e. The summed E-state index contributed by atoms with van der Waals surface area (Å²) in [7, 11) is 0. The quantitative estimate of drug-likeness (QED) is 0.660. The summed E-state index contributed by atoms with van der Waals surface area (Å²) >= 11 is 0. The van der Waals surface area contributed by atoms with Crippen molar-refractivity contribution < 1.29 is 14.4 Å². The van der Waals surface area contributed by atoms with Gasteiger partial charge in [0.1, 0.15) is 0 Å². The molecule has 1 aliphatic carbocycles. The highest BCUT2D eigenvalue weighted by atomic mass is 16.2. The zero-order valence-electron chi connectivity index (χ0n) is 13.6. The van der Waals surface area contributed by atoms with Gasteiger partial charge in [0.25, 0.3) is 0 Å². The molecule has 126 valence electrons. The van der Waals surface area contributed by atoms with Crippen LogP contribution in [-0.4, -0.2) is 17.7 Å². The van der Waals surface area contributed by atoms with Crippen LogP contribution in [0.1, 0.15) is 44.1 Å². The van der Waals surface area contributed by atoms with E-state index in [2.05, 4.69) is 10.6 Å². The number of amides is 3. The average molecular weight is 326 g/mol. The minimum Gasteiger partial charge on any atom is -0.323 e. The lowest BCUT2D eigenvalue weighted by Gasteiger charge is -2.13. The van der Waals surface area contributed by atoms with Crippen molar-refractivity contribution in [2.45, 2.75) is 44.9 Å². The van der Waals surface area contributed by atoms with Gasteiger partial charge in [0.05, 0.1) is 5.92 Å². The summed E-state index contributed by atoms with van der Waals surface area (Å²) in [6.07, 6.45) is 8.16.